The van der Waals surface area contributed by atoms with Crippen LogP contribution in [0.25, 0.3) is 0 Å². The molecule has 2 N–H and O–H groups in total. The highest BCUT2D eigenvalue weighted by molar-refractivity contribution is 5.87. The van der Waals surface area contributed by atoms with Gasteiger partial charge in [0.25, 0.3) is 5.69 Å². The number of hydrogen-bond acceptors (Lipinski definition) is 4. The smallest absolute Gasteiger partial charge is 0.335 e. The van der Waals surface area contributed by atoms with Crippen molar-refractivity contribution >= 4 is 17.3 Å². The van der Waals surface area contributed by atoms with Gasteiger partial charge in [-0.3, -0.25) is 10.1 Å². The molecule has 0 spiro atoms. The quantitative estimate of drug-likeness (QED) is 0.500. The minimum Gasteiger partial charge on any atom is -0.478 e. The van der Waals surface area contributed by atoms with Crippen molar-refractivity contribution in [3.05, 3.63) is 81.4 Å². The number of carboxylic acids is 1. The second-order valence-corrected chi connectivity index (χ2v) is 6.43. The van der Waals surface area contributed by atoms with Crippen LogP contribution >= 0.6 is 0 Å². The first-order valence-electron chi connectivity index (χ1n) is 8.09. The normalized spacial score (nSPS) is 23.4. The fraction of sp³-hybridized carbons (Fsp3) is 0.211. The van der Waals surface area contributed by atoms with Crippen LogP contribution in [0, 0.1) is 16.0 Å². The maximum atomic E-state index is 11.1. The summed E-state index contributed by atoms with van der Waals surface area (Å²) in [5.74, 6) is -0.563. The van der Waals surface area contributed by atoms with Gasteiger partial charge in [-0.25, -0.2) is 4.79 Å². The van der Waals surface area contributed by atoms with Crippen molar-refractivity contribution in [2.75, 3.05) is 5.32 Å². The minimum atomic E-state index is -0.943. The van der Waals surface area contributed by atoms with E-state index >= 15 is 0 Å². The topological polar surface area (TPSA) is 92.5 Å². The third-order valence-corrected chi connectivity index (χ3v) is 5.07. The van der Waals surface area contributed by atoms with Gasteiger partial charge in [0.15, 0.2) is 0 Å². The van der Waals surface area contributed by atoms with Gasteiger partial charge in [0.05, 0.1) is 16.5 Å². The summed E-state index contributed by atoms with van der Waals surface area (Å²) in [4.78, 5) is 21.7. The molecule has 0 saturated heterocycles. The molecule has 6 heteroatoms. The molecular formula is C19H16N2O4. The Kier molecular flexibility index (Phi) is 3.53. The molecule has 3 atom stereocenters. The summed E-state index contributed by atoms with van der Waals surface area (Å²) in [6.07, 6.45) is 5.11. The zero-order chi connectivity index (χ0) is 17.6. The van der Waals surface area contributed by atoms with Crippen molar-refractivity contribution < 1.29 is 14.8 Å². The number of nitrogens with zero attached hydrogens (tertiary/aromatic N) is 1. The molecule has 2 aromatic carbocycles. The molecule has 0 fully saturated rings. The van der Waals surface area contributed by atoms with Gasteiger partial charge in [0.1, 0.15) is 0 Å². The SMILES string of the molecule is O=C(O)c1ccc([C@@H]2Nc3ccc([N+](=O)[O-])cc3[C@H]3C=CC[C@@H]32)cc1. The monoisotopic (exact) mass is 336 g/mol. The summed E-state index contributed by atoms with van der Waals surface area (Å²) >= 11 is 0. The number of nitro benzene ring substituents is 1. The summed E-state index contributed by atoms with van der Waals surface area (Å²) in [5, 5.41) is 23.6. The van der Waals surface area contributed by atoms with Crippen molar-refractivity contribution in [1.82, 2.24) is 0 Å². The van der Waals surface area contributed by atoms with E-state index in [9.17, 15) is 14.9 Å². The molecule has 2 aliphatic rings. The largest absolute Gasteiger partial charge is 0.478 e. The lowest BCUT2D eigenvalue weighted by molar-refractivity contribution is -0.384. The molecule has 1 heterocycles. The van der Waals surface area contributed by atoms with Crippen molar-refractivity contribution in [3.8, 4) is 0 Å². The lowest BCUT2D eigenvalue weighted by Crippen LogP contribution is -2.29. The van der Waals surface area contributed by atoms with Gasteiger partial charge in [0.2, 0.25) is 0 Å². The second kappa shape index (κ2) is 5.73. The molecule has 1 aliphatic heterocycles. The Hall–Kier alpha value is -3.15. The van der Waals surface area contributed by atoms with E-state index in [1.54, 1.807) is 24.3 Å². The molecular weight excluding hydrogens is 320 g/mol. The van der Waals surface area contributed by atoms with Crippen LogP contribution in [0.5, 0.6) is 0 Å². The first kappa shape index (κ1) is 15.4. The van der Waals surface area contributed by atoms with E-state index in [4.69, 9.17) is 5.11 Å². The molecule has 25 heavy (non-hydrogen) atoms. The fourth-order valence-electron chi connectivity index (χ4n) is 3.86. The number of anilines is 1. The first-order valence-corrected chi connectivity index (χ1v) is 8.09. The van der Waals surface area contributed by atoms with Crippen molar-refractivity contribution in [3.63, 3.8) is 0 Å². The van der Waals surface area contributed by atoms with Crippen molar-refractivity contribution in [2.45, 2.75) is 18.4 Å². The summed E-state index contributed by atoms with van der Waals surface area (Å²) in [5.41, 5.74) is 3.23. The highest BCUT2D eigenvalue weighted by atomic mass is 16.6. The molecule has 0 bridgehead atoms. The molecule has 0 radical (unpaired) electrons. The number of allylic oxidation sites excluding steroid dienone is 2. The number of non-ortho nitro benzene ring substituents is 1. The molecule has 6 nitrogen and oxygen atoms in total. The van der Waals surface area contributed by atoms with Crippen molar-refractivity contribution in [1.29, 1.82) is 0 Å². The minimum absolute atomic E-state index is 0.0387. The van der Waals surface area contributed by atoms with E-state index in [2.05, 4.69) is 17.5 Å². The Morgan fingerprint density at radius 1 is 1.20 bits per heavy atom. The molecule has 0 amide bonds. The van der Waals surface area contributed by atoms with Crippen LogP contribution < -0.4 is 5.32 Å². The van der Waals surface area contributed by atoms with E-state index in [1.807, 2.05) is 12.1 Å². The Morgan fingerprint density at radius 2 is 1.96 bits per heavy atom. The summed E-state index contributed by atoms with van der Waals surface area (Å²) in [6, 6.07) is 11.9. The van der Waals surface area contributed by atoms with Crippen LogP contribution in [-0.2, 0) is 0 Å². The van der Waals surface area contributed by atoms with Gasteiger partial charge >= 0.3 is 5.97 Å². The van der Waals surface area contributed by atoms with E-state index in [0.717, 1.165) is 23.2 Å². The number of carbonyl (C=O) groups is 1. The van der Waals surface area contributed by atoms with E-state index in [0.29, 0.717) is 0 Å². The number of fused-ring (bicyclic) bond motifs is 3. The lowest BCUT2D eigenvalue weighted by Gasteiger charge is -2.37. The number of nitro groups is 1. The third-order valence-electron chi connectivity index (χ3n) is 5.07. The Morgan fingerprint density at radius 3 is 2.64 bits per heavy atom. The maximum Gasteiger partial charge on any atom is 0.335 e. The van der Waals surface area contributed by atoms with Crippen LogP contribution in [0.2, 0.25) is 0 Å². The van der Waals surface area contributed by atoms with E-state index in [-0.39, 0.29) is 34.1 Å². The fourth-order valence-corrected chi connectivity index (χ4v) is 3.86. The van der Waals surface area contributed by atoms with Gasteiger partial charge in [-0.05, 0) is 41.7 Å². The average molecular weight is 336 g/mol. The van der Waals surface area contributed by atoms with Gasteiger partial charge in [0, 0.05) is 23.7 Å². The zero-order valence-corrected chi connectivity index (χ0v) is 13.3. The zero-order valence-electron chi connectivity index (χ0n) is 13.3. The van der Waals surface area contributed by atoms with Crippen LogP contribution in [0.4, 0.5) is 11.4 Å². The number of rotatable bonds is 3. The Bertz CT molecular complexity index is 889. The average Bonchev–Trinajstić information content (AvgIpc) is 3.10. The highest BCUT2D eigenvalue weighted by Gasteiger charge is 2.38. The number of hydrogen-bond donors (Lipinski definition) is 2. The van der Waals surface area contributed by atoms with Crippen LogP contribution in [0.1, 0.15) is 39.9 Å². The van der Waals surface area contributed by atoms with E-state index in [1.165, 1.54) is 6.07 Å². The number of benzene rings is 2. The second-order valence-electron chi connectivity index (χ2n) is 6.43. The number of nitrogens with one attached hydrogen (secondary N) is 1. The van der Waals surface area contributed by atoms with Crippen LogP contribution in [0.3, 0.4) is 0 Å². The lowest BCUT2D eigenvalue weighted by atomic mass is 9.77. The standard InChI is InChI=1S/C19H16N2O4/c22-19(23)12-6-4-11(5-7-12)18-15-3-1-2-14(15)16-10-13(21(24)25)8-9-17(16)20-18/h1-2,4-10,14-15,18,20H,3H2,(H,22,23)/t14-,15-,18-/m0/s1. The summed E-state index contributed by atoms with van der Waals surface area (Å²) < 4.78 is 0. The van der Waals surface area contributed by atoms with Crippen LogP contribution in [-0.4, -0.2) is 16.0 Å². The maximum absolute atomic E-state index is 11.1. The van der Waals surface area contributed by atoms with Gasteiger partial charge in [-0.2, -0.15) is 0 Å². The molecule has 2 aromatic rings. The van der Waals surface area contributed by atoms with E-state index < -0.39 is 5.97 Å². The summed E-state index contributed by atoms with van der Waals surface area (Å²) in [6.45, 7) is 0. The first-order chi connectivity index (χ1) is 12.0. The molecule has 0 aromatic heterocycles. The highest BCUT2D eigenvalue weighted by Crippen LogP contribution is 2.50. The molecule has 4 rings (SSSR count). The molecule has 0 unspecified atom stereocenters. The molecule has 0 saturated carbocycles. The van der Waals surface area contributed by atoms with Crippen LogP contribution in [0.15, 0.2) is 54.6 Å². The number of aromatic carboxylic acids is 1. The predicted molar refractivity (Wildman–Crippen MR) is 92.8 cm³/mol. The van der Waals surface area contributed by atoms with Gasteiger partial charge in [-0.15, -0.1) is 0 Å². The van der Waals surface area contributed by atoms with Crippen molar-refractivity contribution in [2.24, 2.45) is 5.92 Å². The molecule has 1 aliphatic carbocycles. The third kappa shape index (κ3) is 2.55. The Balaban J connectivity index is 1.72. The summed E-state index contributed by atoms with van der Waals surface area (Å²) in [7, 11) is 0. The Labute approximate surface area is 144 Å². The molecule has 126 valence electrons. The van der Waals surface area contributed by atoms with Gasteiger partial charge in [-0.1, -0.05) is 24.3 Å². The predicted octanol–water partition coefficient (Wildman–Crippen LogP) is 4.12. The number of carboxylic acid groups (broad SMARTS) is 1. The van der Waals surface area contributed by atoms with Gasteiger partial charge < -0.3 is 10.4 Å².